The molecule has 0 unspecified atom stereocenters. The highest BCUT2D eigenvalue weighted by Gasteiger charge is 2.30. The maximum absolute atomic E-state index is 12.8. The summed E-state index contributed by atoms with van der Waals surface area (Å²) in [7, 11) is -5.75. The van der Waals surface area contributed by atoms with Gasteiger partial charge in [-0.25, -0.2) is 23.5 Å². The van der Waals surface area contributed by atoms with Crippen molar-refractivity contribution in [2.75, 3.05) is 12.3 Å². The minimum atomic E-state index is -3.90. The van der Waals surface area contributed by atoms with E-state index in [0.29, 0.717) is 0 Å². The molecule has 17 heteroatoms. The summed E-state index contributed by atoms with van der Waals surface area (Å²) in [5.41, 5.74) is 6.98. The number of hydrazine groups is 1. The monoisotopic (exact) mass is 520 g/mol. The van der Waals surface area contributed by atoms with Crippen LogP contribution in [0.5, 0.6) is 0 Å². The van der Waals surface area contributed by atoms with Crippen molar-refractivity contribution in [1.29, 1.82) is 0 Å². The van der Waals surface area contributed by atoms with Crippen LogP contribution in [-0.2, 0) is 19.4 Å². The molecule has 7 N–H and O–H groups in total. The van der Waals surface area contributed by atoms with E-state index in [1.807, 2.05) is 13.8 Å². The van der Waals surface area contributed by atoms with Gasteiger partial charge in [-0.05, 0) is 36.6 Å². The molecule has 34 heavy (non-hydrogen) atoms. The Hall–Kier alpha value is -2.76. The number of carbonyl (C=O) groups is 2. The maximum atomic E-state index is 12.8. The molecular formula is C17H29BN6O8S2. The zero-order valence-corrected chi connectivity index (χ0v) is 20.3. The van der Waals surface area contributed by atoms with E-state index in [-0.39, 0.29) is 35.9 Å². The molecule has 1 heterocycles. The van der Waals surface area contributed by atoms with Gasteiger partial charge >= 0.3 is 7.12 Å². The number of nitrogens with zero attached hydrogens (tertiary/aromatic N) is 2. The molecule has 0 spiro atoms. The van der Waals surface area contributed by atoms with E-state index in [2.05, 4.69) is 15.6 Å². The van der Waals surface area contributed by atoms with Gasteiger partial charge in [0.15, 0.2) is 14.9 Å². The average Bonchev–Trinajstić information content (AvgIpc) is 3.24. The number of nitro groups is 1. The second-order valence-electron chi connectivity index (χ2n) is 7.75. The fraction of sp³-hybridized carbons (Fsp3) is 0.588. The SMILES string of the molecule is CC(C)C[C@H](NC(=O)[C@H](CCCN=C(N)N[N+](=O)[O-])NC(=O)CS(=O)(=O)c1cccs1)B(O)O. The van der Waals surface area contributed by atoms with Crippen LogP contribution in [0.4, 0.5) is 0 Å². The Labute approximate surface area is 201 Å². The van der Waals surface area contributed by atoms with Crippen molar-refractivity contribution >= 4 is 46.1 Å². The standard InChI is InChI=1S/C17H29BN6O8S2/c1-11(2)9-13(18(27)28)22-16(26)12(5-3-7-20-17(19)23-24(29)30)21-14(25)10-34(31,32)15-6-4-8-33-15/h4,6,8,11-13,27-28H,3,5,7,9-10H2,1-2H3,(H,21,25)(H,22,26)(H3,19,20,23)/t12-,13-/m0/s1. The molecule has 190 valence electrons. The topological polar surface area (TPSA) is 226 Å². The summed E-state index contributed by atoms with van der Waals surface area (Å²) in [5, 5.41) is 34.9. The minimum absolute atomic E-state index is 0.00662. The van der Waals surface area contributed by atoms with Crippen molar-refractivity contribution in [3.8, 4) is 0 Å². The molecule has 0 bridgehead atoms. The van der Waals surface area contributed by atoms with Gasteiger partial charge in [-0.3, -0.25) is 9.59 Å². The predicted octanol–water partition coefficient (Wildman–Crippen LogP) is -1.57. The molecule has 0 aliphatic carbocycles. The molecule has 0 saturated heterocycles. The third-order valence-electron chi connectivity index (χ3n) is 4.33. The van der Waals surface area contributed by atoms with Gasteiger partial charge in [0.2, 0.25) is 11.8 Å². The van der Waals surface area contributed by atoms with Crippen molar-refractivity contribution in [2.45, 2.75) is 49.3 Å². The zero-order valence-electron chi connectivity index (χ0n) is 18.7. The van der Waals surface area contributed by atoms with E-state index in [4.69, 9.17) is 5.73 Å². The number of rotatable bonds is 14. The van der Waals surface area contributed by atoms with E-state index in [1.54, 1.807) is 10.8 Å². The predicted molar refractivity (Wildman–Crippen MR) is 126 cm³/mol. The summed E-state index contributed by atoms with van der Waals surface area (Å²) < 4.78 is 24.7. The molecule has 14 nitrogen and oxygen atoms in total. The number of sulfone groups is 1. The molecule has 0 radical (unpaired) electrons. The van der Waals surface area contributed by atoms with Crippen LogP contribution in [0, 0.1) is 16.0 Å². The summed E-state index contributed by atoms with van der Waals surface area (Å²) in [6, 6.07) is 1.66. The van der Waals surface area contributed by atoms with Crippen LogP contribution in [0.2, 0.25) is 0 Å². The number of carbonyl (C=O) groups excluding carboxylic acids is 2. The lowest BCUT2D eigenvalue weighted by molar-refractivity contribution is -0.525. The Kier molecular flexibility index (Phi) is 11.9. The van der Waals surface area contributed by atoms with Crippen LogP contribution in [-0.4, -0.2) is 72.7 Å². The van der Waals surface area contributed by atoms with Gasteiger partial charge in [0, 0.05) is 6.54 Å². The van der Waals surface area contributed by atoms with Crippen LogP contribution in [0.15, 0.2) is 26.7 Å². The third kappa shape index (κ3) is 10.9. The van der Waals surface area contributed by atoms with Gasteiger partial charge in [-0.1, -0.05) is 25.3 Å². The minimum Gasteiger partial charge on any atom is -0.426 e. The second-order valence-corrected chi connectivity index (χ2v) is 10.9. The number of nitrogens with two attached hydrogens (primary N) is 1. The van der Waals surface area contributed by atoms with E-state index >= 15 is 0 Å². The zero-order chi connectivity index (χ0) is 25.9. The molecule has 0 aliphatic heterocycles. The van der Waals surface area contributed by atoms with Gasteiger partial charge < -0.3 is 26.4 Å². The molecular weight excluding hydrogens is 491 g/mol. The van der Waals surface area contributed by atoms with Crippen LogP contribution in [0.25, 0.3) is 0 Å². The number of aliphatic imine (C=N–C) groups is 1. The Morgan fingerprint density at radius 3 is 2.53 bits per heavy atom. The normalized spacial score (nSPS) is 13.7. The molecule has 2 amide bonds. The molecule has 1 aromatic rings. The number of hydrogen-bond acceptors (Lipinski definition) is 10. The van der Waals surface area contributed by atoms with Crippen LogP contribution < -0.4 is 21.8 Å². The Balaban J connectivity index is 2.89. The fourth-order valence-electron chi connectivity index (χ4n) is 2.86. The lowest BCUT2D eigenvalue weighted by atomic mass is 9.75. The summed E-state index contributed by atoms with van der Waals surface area (Å²) in [6.07, 6.45) is 0.360. The van der Waals surface area contributed by atoms with Crippen LogP contribution >= 0.6 is 11.3 Å². The van der Waals surface area contributed by atoms with Crippen LogP contribution in [0.3, 0.4) is 0 Å². The first-order valence-electron chi connectivity index (χ1n) is 10.2. The largest absolute Gasteiger partial charge is 0.475 e. The molecule has 0 saturated carbocycles. The maximum Gasteiger partial charge on any atom is 0.475 e. The van der Waals surface area contributed by atoms with Crippen molar-refractivity contribution in [3.05, 3.63) is 27.6 Å². The van der Waals surface area contributed by atoms with E-state index in [1.165, 1.54) is 12.1 Å². The van der Waals surface area contributed by atoms with Crippen molar-refractivity contribution in [2.24, 2.45) is 16.6 Å². The first-order chi connectivity index (χ1) is 15.8. The Morgan fingerprint density at radius 1 is 1.32 bits per heavy atom. The summed E-state index contributed by atoms with van der Waals surface area (Å²) in [6.45, 7) is 3.60. The number of thiophene rings is 1. The lowest BCUT2D eigenvalue weighted by Crippen LogP contribution is -2.54. The third-order valence-corrected chi connectivity index (χ3v) is 7.43. The summed E-state index contributed by atoms with van der Waals surface area (Å²) in [5.74, 6) is -4.00. The molecule has 0 fully saturated rings. The fourth-order valence-corrected chi connectivity index (χ4v) is 5.09. The lowest BCUT2D eigenvalue weighted by Gasteiger charge is -2.24. The van der Waals surface area contributed by atoms with Crippen LogP contribution in [0.1, 0.15) is 33.1 Å². The van der Waals surface area contributed by atoms with Gasteiger partial charge in [0.05, 0.1) is 5.94 Å². The van der Waals surface area contributed by atoms with E-state index in [0.717, 1.165) is 11.3 Å². The summed E-state index contributed by atoms with van der Waals surface area (Å²) >= 11 is 0.955. The van der Waals surface area contributed by atoms with Gasteiger partial charge in [0.25, 0.3) is 5.96 Å². The molecule has 1 rings (SSSR count). The van der Waals surface area contributed by atoms with Gasteiger partial charge in [-0.2, -0.15) is 0 Å². The van der Waals surface area contributed by atoms with Gasteiger partial charge in [-0.15, -0.1) is 11.3 Å². The molecule has 2 atom stereocenters. The Morgan fingerprint density at radius 2 is 2.00 bits per heavy atom. The average molecular weight is 520 g/mol. The number of nitrogens with one attached hydrogen (secondary N) is 3. The van der Waals surface area contributed by atoms with E-state index in [9.17, 15) is 38.2 Å². The van der Waals surface area contributed by atoms with Crippen molar-refractivity contribution < 1.29 is 33.1 Å². The van der Waals surface area contributed by atoms with Gasteiger partial charge in [0.1, 0.15) is 16.0 Å². The first kappa shape index (κ1) is 29.3. The van der Waals surface area contributed by atoms with Crippen molar-refractivity contribution in [3.63, 3.8) is 0 Å². The number of guanidine groups is 1. The highest BCUT2D eigenvalue weighted by Crippen LogP contribution is 2.17. The molecule has 1 aromatic heterocycles. The highest BCUT2D eigenvalue weighted by molar-refractivity contribution is 7.94. The Bertz CT molecular complexity index is 955. The van der Waals surface area contributed by atoms with Crippen molar-refractivity contribution in [1.82, 2.24) is 16.1 Å². The van der Waals surface area contributed by atoms with E-state index < -0.39 is 57.5 Å². The molecule has 0 aromatic carbocycles. The first-order valence-corrected chi connectivity index (χ1v) is 12.8. The quantitative estimate of drug-likeness (QED) is 0.0412. The summed E-state index contributed by atoms with van der Waals surface area (Å²) in [4.78, 5) is 39.3. The molecule has 0 aliphatic rings. The number of amides is 2. The number of hydrogen-bond donors (Lipinski definition) is 6. The second kappa shape index (κ2) is 13.8. The smallest absolute Gasteiger partial charge is 0.426 e. The highest BCUT2D eigenvalue weighted by atomic mass is 32.2.